The molecule has 0 aromatic heterocycles. The van der Waals surface area contributed by atoms with Gasteiger partial charge in [-0.15, -0.1) is 0 Å². The Labute approximate surface area is 151 Å². The van der Waals surface area contributed by atoms with Crippen molar-refractivity contribution in [2.75, 3.05) is 0 Å². The third-order valence-corrected chi connectivity index (χ3v) is 6.84. The van der Waals surface area contributed by atoms with E-state index in [0.717, 1.165) is 44.9 Å². The van der Waals surface area contributed by atoms with Crippen LogP contribution in [0.25, 0.3) is 0 Å². The molecule has 3 aliphatic rings. The van der Waals surface area contributed by atoms with Crippen LogP contribution in [0.3, 0.4) is 0 Å². The molecule has 0 saturated heterocycles. The summed E-state index contributed by atoms with van der Waals surface area (Å²) in [6, 6.07) is 0. The van der Waals surface area contributed by atoms with E-state index in [1.54, 1.807) is 6.08 Å². The van der Waals surface area contributed by atoms with Gasteiger partial charge in [-0.25, -0.2) is 4.39 Å². The van der Waals surface area contributed by atoms with Gasteiger partial charge in [0.15, 0.2) is 6.17 Å². The Morgan fingerprint density at radius 2 is 1.76 bits per heavy atom. The Balaban J connectivity index is 1.59. The summed E-state index contributed by atoms with van der Waals surface area (Å²) >= 11 is 0. The average molecular weight is 352 g/mol. The average Bonchev–Trinajstić information content (AvgIpc) is 2.59. The Bertz CT molecular complexity index is 505. The molecule has 3 rings (SSSR count). The maximum atomic E-state index is 13.6. The number of alkyl halides is 1. The van der Waals surface area contributed by atoms with Crippen LogP contribution in [-0.4, -0.2) is 34.7 Å². The van der Waals surface area contributed by atoms with E-state index >= 15 is 0 Å². The molecular formula is C21H33FO3. The standard InChI is InChI=1S/C21H33FO3/c1-21(2,14-6-8-16(23)9-7-14)15-4-3-5-17(12-15)25-18-10-11-20(24)19(22)13-18/h10-11,13-17,19-20,23-24H,3-9,12H2,1-2H3/t14?,15-,16?,17+,19-,20?/m0/s1. The first-order valence-corrected chi connectivity index (χ1v) is 9.93. The van der Waals surface area contributed by atoms with E-state index in [9.17, 15) is 14.6 Å². The van der Waals surface area contributed by atoms with Crippen LogP contribution in [-0.2, 0) is 4.74 Å². The second-order valence-electron chi connectivity index (χ2n) is 8.79. The van der Waals surface area contributed by atoms with Crippen molar-refractivity contribution < 1.29 is 19.3 Å². The molecule has 3 nitrogen and oxygen atoms in total. The van der Waals surface area contributed by atoms with Crippen LogP contribution in [0.1, 0.15) is 65.2 Å². The molecule has 3 aliphatic carbocycles. The fraction of sp³-hybridized carbons (Fsp3) is 0.810. The number of aliphatic hydroxyl groups is 2. The van der Waals surface area contributed by atoms with Gasteiger partial charge in [-0.3, -0.25) is 0 Å². The van der Waals surface area contributed by atoms with Crippen LogP contribution in [0.5, 0.6) is 0 Å². The minimum Gasteiger partial charge on any atom is -0.491 e. The Morgan fingerprint density at radius 3 is 2.44 bits per heavy atom. The lowest BCUT2D eigenvalue weighted by atomic mass is 9.60. The van der Waals surface area contributed by atoms with E-state index in [-0.39, 0.29) is 17.6 Å². The van der Waals surface area contributed by atoms with Crippen molar-refractivity contribution in [2.45, 2.75) is 89.7 Å². The molecule has 1 unspecified atom stereocenters. The summed E-state index contributed by atoms with van der Waals surface area (Å²) in [5.41, 5.74) is 0.248. The molecule has 2 N–H and O–H groups in total. The normalized spacial score (nSPS) is 39.8. The van der Waals surface area contributed by atoms with Gasteiger partial charge in [0.1, 0.15) is 11.9 Å². The molecule has 4 heteroatoms. The molecule has 25 heavy (non-hydrogen) atoms. The highest BCUT2D eigenvalue weighted by Gasteiger charge is 2.41. The predicted octanol–water partition coefficient (Wildman–Crippen LogP) is 4.29. The zero-order chi connectivity index (χ0) is 18.0. The maximum absolute atomic E-state index is 13.6. The van der Waals surface area contributed by atoms with Crippen LogP contribution in [0, 0.1) is 17.3 Å². The van der Waals surface area contributed by atoms with Gasteiger partial charge in [-0.05, 0) is 86.8 Å². The van der Waals surface area contributed by atoms with Gasteiger partial charge in [0.25, 0.3) is 0 Å². The van der Waals surface area contributed by atoms with Crippen molar-refractivity contribution in [3.05, 3.63) is 24.0 Å². The van der Waals surface area contributed by atoms with E-state index < -0.39 is 12.3 Å². The molecule has 0 heterocycles. The van der Waals surface area contributed by atoms with Crippen molar-refractivity contribution in [1.82, 2.24) is 0 Å². The highest BCUT2D eigenvalue weighted by molar-refractivity contribution is 5.22. The van der Waals surface area contributed by atoms with Crippen molar-refractivity contribution in [1.29, 1.82) is 0 Å². The van der Waals surface area contributed by atoms with E-state index in [0.29, 0.717) is 17.6 Å². The lowest BCUT2D eigenvalue weighted by molar-refractivity contribution is -0.0156. The van der Waals surface area contributed by atoms with Crippen molar-refractivity contribution in [2.24, 2.45) is 17.3 Å². The third kappa shape index (κ3) is 4.46. The molecule has 0 bridgehead atoms. The van der Waals surface area contributed by atoms with E-state index in [1.165, 1.54) is 18.6 Å². The summed E-state index contributed by atoms with van der Waals surface area (Å²) in [5.74, 6) is 1.83. The second kappa shape index (κ2) is 7.79. The first-order valence-electron chi connectivity index (χ1n) is 9.93. The molecule has 0 aromatic carbocycles. The predicted molar refractivity (Wildman–Crippen MR) is 96.7 cm³/mol. The Morgan fingerprint density at radius 1 is 1.04 bits per heavy atom. The van der Waals surface area contributed by atoms with Gasteiger partial charge in [0, 0.05) is 0 Å². The maximum Gasteiger partial charge on any atom is 0.151 e. The van der Waals surface area contributed by atoms with Gasteiger partial charge >= 0.3 is 0 Å². The molecule has 0 amide bonds. The minimum atomic E-state index is -1.37. The zero-order valence-corrected chi connectivity index (χ0v) is 15.5. The fourth-order valence-electron chi connectivity index (χ4n) is 4.96. The Hall–Kier alpha value is -0.870. The van der Waals surface area contributed by atoms with Crippen LogP contribution < -0.4 is 0 Å². The molecule has 2 fully saturated rings. The van der Waals surface area contributed by atoms with Gasteiger partial charge in [-0.1, -0.05) is 13.8 Å². The summed E-state index contributed by atoms with van der Waals surface area (Å²) in [6.45, 7) is 4.77. The summed E-state index contributed by atoms with van der Waals surface area (Å²) in [6.07, 6.45) is 10.6. The van der Waals surface area contributed by atoms with E-state index in [1.807, 2.05) is 0 Å². The number of ether oxygens (including phenoxy) is 1. The first-order chi connectivity index (χ1) is 11.9. The summed E-state index contributed by atoms with van der Waals surface area (Å²) in [5, 5.41) is 19.2. The second-order valence-corrected chi connectivity index (χ2v) is 8.79. The minimum absolute atomic E-state index is 0.108. The van der Waals surface area contributed by atoms with Crippen LogP contribution in [0.2, 0.25) is 0 Å². The third-order valence-electron chi connectivity index (χ3n) is 6.84. The lowest BCUT2D eigenvalue weighted by Gasteiger charge is -2.46. The van der Waals surface area contributed by atoms with Crippen molar-refractivity contribution in [3.63, 3.8) is 0 Å². The lowest BCUT2D eigenvalue weighted by Crippen LogP contribution is -2.39. The van der Waals surface area contributed by atoms with E-state index in [4.69, 9.17) is 4.74 Å². The molecule has 4 atom stereocenters. The van der Waals surface area contributed by atoms with Crippen LogP contribution in [0.15, 0.2) is 24.0 Å². The molecule has 0 aliphatic heterocycles. The highest BCUT2D eigenvalue weighted by atomic mass is 19.1. The smallest absolute Gasteiger partial charge is 0.151 e. The van der Waals surface area contributed by atoms with Gasteiger partial charge in [0.2, 0.25) is 0 Å². The number of allylic oxidation sites excluding steroid dienone is 1. The van der Waals surface area contributed by atoms with Gasteiger partial charge in [0.05, 0.1) is 12.2 Å². The number of hydrogen-bond donors (Lipinski definition) is 2. The Kier molecular flexibility index (Phi) is 5.89. The van der Waals surface area contributed by atoms with Crippen molar-refractivity contribution in [3.8, 4) is 0 Å². The largest absolute Gasteiger partial charge is 0.491 e. The van der Waals surface area contributed by atoms with Gasteiger partial charge in [-0.2, -0.15) is 0 Å². The molecule has 142 valence electrons. The molecule has 2 saturated carbocycles. The molecule has 0 spiro atoms. The van der Waals surface area contributed by atoms with Crippen LogP contribution in [0.4, 0.5) is 4.39 Å². The molecule has 0 radical (unpaired) electrons. The topological polar surface area (TPSA) is 49.7 Å². The van der Waals surface area contributed by atoms with Gasteiger partial charge < -0.3 is 14.9 Å². The van der Waals surface area contributed by atoms with Crippen LogP contribution >= 0.6 is 0 Å². The first kappa shape index (κ1) is 18.9. The number of aliphatic hydroxyl groups excluding tert-OH is 2. The van der Waals surface area contributed by atoms with E-state index in [2.05, 4.69) is 13.8 Å². The SMILES string of the molecule is CC(C)(C1CCC(O)CC1)[C@H]1CCC[C@@H](OC2=C[C@H](F)C(O)C=C2)C1. The fourth-order valence-corrected chi connectivity index (χ4v) is 4.96. The molecule has 0 aromatic rings. The highest BCUT2D eigenvalue weighted by Crippen LogP contribution is 2.48. The summed E-state index contributed by atoms with van der Waals surface area (Å²) in [7, 11) is 0. The summed E-state index contributed by atoms with van der Waals surface area (Å²) < 4.78 is 19.7. The zero-order valence-electron chi connectivity index (χ0n) is 15.5. The quantitative estimate of drug-likeness (QED) is 0.793. The number of rotatable bonds is 4. The number of hydrogen-bond acceptors (Lipinski definition) is 3. The molecular weight excluding hydrogens is 319 g/mol. The monoisotopic (exact) mass is 352 g/mol. The number of halogens is 1. The van der Waals surface area contributed by atoms with Crippen molar-refractivity contribution >= 4 is 0 Å². The summed E-state index contributed by atoms with van der Waals surface area (Å²) in [4.78, 5) is 0.